The second kappa shape index (κ2) is 6.27. The lowest BCUT2D eigenvalue weighted by molar-refractivity contribution is 0.0994. The summed E-state index contributed by atoms with van der Waals surface area (Å²) in [5.41, 5.74) is 3.24. The van der Waals surface area contributed by atoms with E-state index in [2.05, 4.69) is 28.0 Å². The van der Waals surface area contributed by atoms with Crippen LogP contribution in [-0.2, 0) is 0 Å². The molecule has 2 aromatic rings. The Morgan fingerprint density at radius 1 is 1.00 bits per heavy atom. The van der Waals surface area contributed by atoms with Gasteiger partial charge in [0.15, 0.2) is 0 Å². The molecular formula is C22H27N3O. The number of benzene rings is 2. The Hall–Kier alpha value is -2.07. The summed E-state index contributed by atoms with van der Waals surface area (Å²) < 4.78 is 0. The van der Waals surface area contributed by atoms with E-state index in [4.69, 9.17) is 0 Å². The lowest BCUT2D eigenvalue weighted by atomic mass is 10.0. The van der Waals surface area contributed by atoms with Gasteiger partial charge in [-0.2, -0.15) is 0 Å². The van der Waals surface area contributed by atoms with Gasteiger partial charge in [0.25, 0.3) is 5.91 Å². The molecule has 2 heterocycles. The van der Waals surface area contributed by atoms with E-state index in [9.17, 15) is 4.79 Å². The van der Waals surface area contributed by atoms with Gasteiger partial charge in [-0.15, -0.1) is 0 Å². The molecule has 0 bridgehead atoms. The minimum Gasteiger partial charge on any atom is -0.370 e. The number of rotatable bonds is 4. The average molecular weight is 349 g/mol. The molecule has 0 aromatic heterocycles. The first-order chi connectivity index (χ1) is 12.8. The molecule has 2 fully saturated rings. The number of hydrogen-bond donors (Lipinski definition) is 0. The van der Waals surface area contributed by atoms with E-state index in [0.717, 1.165) is 48.7 Å². The Morgan fingerprint density at radius 2 is 1.85 bits per heavy atom. The van der Waals surface area contributed by atoms with Gasteiger partial charge < -0.3 is 14.7 Å². The molecule has 0 spiro atoms. The number of carbonyl (C=O) groups is 1. The van der Waals surface area contributed by atoms with Crippen LogP contribution in [0.25, 0.3) is 10.8 Å². The molecule has 1 saturated carbocycles. The molecule has 0 radical (unpaired) electrons. The van der Waals surface area contributed by atoms with Crippen LogP contribution in [0.3, 0.4) is 0 Å². The van der Waals surface area contributed by atoms with Gasteiger partial charge in [-0.05, 0) is 56.8 Å². The topological polar surface area (TPSA) is 26.8 Å². The van der Waals surface area contributed by atoms with E-state index in [1.807, 2.05) is 24.0 Å². The summed E-state index contributed by atoms with van der Waals surface area (Å²) in [4.78, 5) is 19.8. The zero-order chi connectivity index (χ0) is 17.7. The van der Waals surface area contributed by atoms with Crippen molar-refractivity contribution in [3.8, 4) is 0 Å². The number of amides is 1. The summed E-state index contributed by atoms with van der Waals surface area (Å²) in [7, 11) is 0. The van der Waals surface area contributed by atoms with Crippen LogP contribution in [0.15, 0.2) is 30.3 Å². The van der Waals surface area contributed by atoms with Crippen LogP contribution in [0.2, 0.25) is 0 Å². The Labute approximate surface area is 155 Å². The van der Waals surface area contributed by atoms with Gasteiger partial charge in [0.2, 0.25) is 0 Å². The maximum absolute atomic E-state index is 12.7. The first-order valence-corrected chi connectivity index (χ1v) is 10.1. The summed E-state index contributed by atoms with van der Waals surface area (Å²) >= 11 is 0. The minimum absolute atomic E-state index is 0.150. The van der Waals surface area contributed by atoms with E-state index >= 15 is 0 Å². The van der Waals surface area contributed by atoms with E-state index in [1.54, 1.807) is 0 Å². The molecule has 2 aromatic carbocycles. The number of anilines is 2. The average Bonchev–Trinajstić information content (AvgIpc) is 3.46. The van der Waals surface area contributed by atoms with Gasteiger partial charge in [-0.25, -0.2) is 0 Å². The van der Waals surface area contributed by atoms with Crippen molar-refractivity contribution in [2.45, 2.75) is 26.2 Å². The van der Waals surface area contributed by atoms with Crippen molar-refractivity contribution in [1.82, 2.24) is 4.90 Å². The van der Waals surface area contributed by atoms with Gasteiger partial charge in [0.05, 0.1) is 5.69 Å². The Kier molecular flexibility index (Phi) is 3.89. The summed E-state index contributed by atoms with van der Waals surface area (Å²) in [6.45, 7) is 8.62. The number of hydrogen-bond acceptors (Lipinski definition) is 3. The lowest BCUT2D eigenvalue weighted by Crippen LogP contribution is -2.32. The van der Waals surface area contributed by atoms with Crippen molar-refractivity contribution in [2.24, 2.45) is 5.92 Å². The van der Waals surface area contributed by atoms with Crippen LogP contribution in [0.5, 0.6) is 0 Å². The number of carbonyl (C=O) groups excluding carboxylic acids is 1. The van der Waals surface area contributed by atoms with E-state index < -0.39 is 0 Å². The SMILES string of the molecule is CCN1C(=O)c2cccc3c(N4CCCN(CC5CC5)CC4)ccc1c23. The first kappa shape index (κ1) is 16.1. The molecule has 5 rings (SSSR count). The van der Waals surface area contributed by atoms with Crippen LogP contribution in [0, 0.1) is 5.92 Å². The molecule has 4 heteroatoms. The highest BCUT2D eigenvalue weighted by Crippen LogP contribution is 2.41. The normalized spacial score (nSPS) is 20.9. The third-order valence-corrected chi connectivity index (χ3v) is 6.22. The first-order valence-electron chi connectivity index (χ1n) is 10.1. The summed E-state index contributed by atoms with van der Waals surface area (Å²) in [5, 5.41) is 2.39. The molecule has 26 heavy (non-hydrogen) atoms. The van der Waals surface area contributed by atoms with Crippen molar-refractivity contribution in [1.29, 1.82) is 0 Å². The van der Waals surface area contributed by atoms with Gasteiger partial charge >= 0.3 is 0 Å². The van der Waals surface area contributed by atoms with Crippen LogP contribution < -0.4 is 9.80 Å². The summed E-state index contributed by atoms with van der Waals surface area (Å²) in [5.74, 6) is 1.11. The molecule has 1 aliphatic carbocycles. The maximum atomic E-state index is 12.7. The third-order valence-electron chi connectivity index (χ3n) is 6.22. The predicted octanol–water partition coefficient (Wildman–Crippen LogP) is 3.74. The summed E-state index contributed by atoms with van der Waals surface area (Å²) in [6, 6.07) is 10.6. The number of nitrogens with zero attached hydrogens (tertiary/aromatic N) is 3. The quantitative estimate of drug-likeness (QED) is 0.841. The molecule has 0 atom stereocenters. The Morgan fingerprint density at radius 3 is 2.65 bits per heavy atom. The molecule has 3 aliphatic rings. The third kappa shape index (κ3) is 2.59. The molecule has 136 valence electrons. The van der Waals surface area contributed by atoms with Crippen molar-refractivity contribution in [3.63, 3.8) is 0 Å². The van der Waals surface area contributed by atoms with Crippen molar-refractivity contribution in [3.05, 3.63) is 35.9 Å². The maximum Gasteiger partial charge on any atom is 0.258 e. The van der Waals surface area contributed by atoms with E-state index in [1.165, 1.54) is 43.4 Å². The van der Waals surface area contributed by atoms with E-state index in [-0.39, 0.29) is 5.91 Å². The summed E-state index contributed by atoms with van der Waals surface area (Å²) in [6.07, 6.45) is 4.07. The smallest absolute Gasteiger partial charge is 0.258 e. The van der Waals surface area contributed by atoms with Gasteiger partial charge in [-0.3, -0.25) is 4.79 Å². The molecule has 2 aliphatic heterocycles. The molecule has 4 nitrogen and oxygen atoms in total. The molecule has 0 N–H and O–H groups in total. The van der Waals surface area contributed by atoms with E-state index in [0.29, 0.717) is 0 Å². The fraction of sp³-hybridized carbons (Fsp3) is 0.500. The van der Waals surface area contributed by atoms with Gasteiger partial charge in [0.1, 0.15) is 0 Å². The van der Waals surface area contributed by atoms with Crippen LogP contribution in [0.4, 0.5) is 11.4 Å². The fourth-order valence-corrected chi connectivity index (χ4v) is 4.68. The lowest BCUT2D eigenvalue weighted by Gasteiger charge is -2.25. The van der Waals surface area contributed by atoms with Crippen molar-refractivity contribution >= 4 is 28.1 Å². The molecule has 0 unspecified atom stereocenters. The van der Waals surface area contributed by atoms with Crippen LogP contribution >= 0.6 is 0 Å². The monoisotopic (exact) mass is 349 g/mol. The zero-order valence-electron chi connectivity index (χ0n) is 15.6. The Balaban J connectivity index is 1.48. The predicted molar refractivity (Wildman–Crippen MR) is 107 cm³/mol. The largest absolute Gasteiger partial charge is 0.370 e. The van der Waals surface area contributed by atoms with Crippen molar-refractivity contribution in [2.75, 3.05) is 49.1 Å². The highest BCUT2D eigenvalue weighted by atomic mass is 16.2. The second-order valence-electron chi connectivity index (χ2n) is 7.97. The van der Waals surface area contributed by atoms with Crippen LogP contribution in [0.1, 0.15) is 36.5 Å². The second-order valence-corrected chi connectivity index (χ2v) is 7.97. The highest BCUT2D eigenvalue weighted by Gasteiger charge is 2.30. The van der Waals surface area contributed by atoms with Gasteiger partial charge in [0, 0.05) is 54.7 Å². The van der Waals surface area contributed by atoms with Crippen molar-refractivity contribution < 1.29 is 4.79 Å². The Bertz CT molecular complexity index is 858. The van der Waals surface area contributed by atoms with Crippen LogP contribution in [-0.4, -0.2) is 50.1 Å². The van der Waals surface area contributed by atoms with Gasteiger partial charge in [-0.1, -0.05) is 12.1 Å². The highest BCUT2D eigenvalue weighted by molar-refractivity contribution is 6.26. The fourth-order valence-electron chi connectivity index (χ4n) is 4.68. The zero-order valence-corrected chi connectivity index (χ0v) is 15.6. The standard InChI is InChI=1S/C22H27N3O/c1-2-25-20-10-9-19(17-5-3-6-18(21(17)20)22(25)26)24-12-4-11-23(13-14-24)15-16-7-8-16/h3,5-6,9-10,16H,2,4,7-8,11-15H2,1H3. The molecule has 1 amide bonds. The molecule has 1 saturated heterocycles. The minimum atomic E-state index is 0.150. The molecular weight excluding hydrogens is 322 g/mol.